The van der Waals surface area contributed by atoms with Gasteiger partial charge in [0.2, 0.25) is 0 Å². The normalized spacial score (nSPS) is 11.7. The molecule has 0 saturated heterocycles. The van der Waals surface area contributed by atoms with Crippen molar-refractivity contribution in [2.75, 3.05) is 7.11 Å². The van der Waals surface area contributed by atoms with Gasteiger partial charge in [-0.1, -0.05) is 18.2 Å². The van der Waals surface area contributed by atoms with Gasteiger partial charge in [0.25, 0.3) is 9.05 Å². The van der Waals surface area contributed by atoms with Crippen LogP contribution in [0.3, 0.4) is 0 Å². The molecule has 0 fully saturated rings. The van der Waals surface area contributed by atoms with E-state index in [1.807, 2.05) is 30.3 Å². The molecule has 0 aliphatic heterocycles. The van der Waals surface area contributed by atoms with Gasteiger partial charge in [-0.2, -0.15) is 0 Å². The largest absolute Gasteiger partial charge is 0.497 e. The van der Waals surface area contributed by atoms with Crippen LogP contribution in [-0.4, -0.2) is 20.1 Å². The van der Waals surface area contributed by atoms with E-state index in [4.69, 9.17) is 15.4 Å². The van der Waals surface area contributed by atoms with E-state index in [9.17, 15) is 8.42 Å². The van der Waals surface area contributed by atoms with Gasteiger partial charge in [0.1, 0.15) is 10.6 Å². The number of hydrogen-bond donors (Lipinski definition) is 0. The molecule has 0 spiro atoms. The fraction of sp³-hybridized carbons (Fsp3) is 0.0667. The van der Waals surface area contributed by atoms with E-state index in [1.54, 1.807) is 29.9 Å². The standard InChI is InChI=1S/C15H12ClNO3S/c1-20-12-7-8-13-14(9-12)17(10-15(13)21(16,18)19)11-5-3-2-4-6-11/h2-10H,1H3. The lowest BCUT2D eigenvalue weighted by Crippen LogP contribution is -1.92. The van der Waals surface area contributed by atoms with Gasteiger partial charge >= 0.3 is 0 Å². The highest BCUT2D eigenvalue weighted by molar-refractivity contribution is 8.14. The van der Waals surface area contributed by atoms with Crippen LogP contribution in [0.2, 0.25) is 0 Å². The van der Waals surface area contributed by atoms with Gasteiger partial charge in [0, 0.05) is 34.0 Å². The summed E-state index contributed by atoms with van der Waals surface area (Å²) < 4.78 is 30.5. The highest BCUT2D eigenvalue weighted by Gasteiger charge is 2.19. The van der Waals surface area contributed by atoms with Crippen molar-refractivity contribution in [2.45, 2.75) is 4.90 Å². The topological polar surface area (TPSA) is 48.3 Å². The number of benzene rings is 2. The van der Waals surface area contributed by atoms with Gasteiger partial charge in [0.15, 0.2) is 0 Å². The third-order valence-corrected chi connectivity index (χ3v) is 4.62. The van der Waals surface area contributed by atoms with Crippen LogP contribution in [0, 0.1) is 0 Å². The van der Waals surface area contributed by atoms with E-state index < -0.39 is 9.05 Å². The first-order valence-corrected chi connectivity index (χ1v) is 8.51. The van der Waals surface area contributed by atoms with E-state index in [0.717, 1.165) is 11.2 Å². The molecule has 0 amide bonds. The van der Waals surface area contributed by atoms with Crippen LogP contribution in [0.1, 0.15) is 0 Å². The molecule has 4 nitrogen and oxygen atoms in total. The molecule has 0 bridgehead atoms. The molecule has 0 aliphatic carbocycles. The summed E-state index contributed by atoms with van der Waals surface area (Å²) in [6.07, 6.45) is 1.53. The Bertz CT molecular complexity index is 901. The smallest absolute Gasteiger partial charge is 0.263 e. The lowest BCUT2D eigenvalue weighted by Gasteiger charge is -2.06. The van der Waals surface area contributed by atoms with Crippen molar-refractivity contribution in [2.24, 2.45) is 0 Å². The highest BCUT2D eigenvalue weighted by Crippen LogP contribution is 2.32. The van der Waals surface area contributed by atoms with Crippen LogP contribution >= 0.6 is 10.7 Å². The van der Waals surface area contributed by atoms with E-state index in [0.29, 0.717) is 11.1 Å². The van der Waals surface area contributed by atoms with Gasteiger partial charge < -0.3 is 9.30 Å². The number of halogens is 1. The molecule has 6 heteroatoms. The first-order valence-electron chi connectivity index (χ1n) is 6.20. The third kappa shape index (κ3) is 2.50. The minimum absolute atomic E-state index is 0.0886. The Hall–Kier alpha value is -1.98. The maximum Gasteiger partial charge on any atom is 0.263 e. The summed E-state index contributed by atoms with van der Waals surface area (Å²) in [6, 6.07) is 14.6. The number of hydrogen-bond acceptors (Lipinski definition) is 3. The fourth-order valence-corrected chi connectivity index (χ4v) is 3.33. The average molecular weight is 322 g/mol. The number of methoxy groups -OCH3 is 1. The Labute approximate surface area is 127 Å². The lowest BCUT2D eigenvalue weighted by atomic mass is 10.2. The maximum absolute atomic E-state index is 11.8. The van der Waals surface area contributed by atoms with Gasteiger partial charge in [-0.05, 0) is 24.3 Å². The molecule has 0 atom stereocenters. The molecule has 3 rings (SSSR count). The molecule has 0 saturated carbocycles. The number of fused-ring (bicyclic) bond motifs is 1. The fourth-order valence-electron chi connectivity index (χ4n) is 2.30. The highest BCUT2D eigenvalue weighted by atomic mass is 35.7. The number of aromatic nitrogens is 1. The number of para-hydroxylation sites is 1. The first kappa shape index (κ1) is 14.0. The van der Waals surface area contributed by atoms with Crippen LogP contribution < -0.4 is 4.74 Å². The second-order valence-corrected chi connectivity index (χ2v) is 7.05. The van der Waals surface area contributed by atoms with Crippen LogP contribution in [0.25, 0.3) is 16.6 Å². The average Bonchev–Trinajstić information content (AvgIpc) is 2.86. The molecule has 0 radical (unpaired) electrons. The predicted molar refractivity (Wildman–Crippen MR) is 82.9 cm³/mol. The minimum atomic E-state index is -3.83. The Balaban J connectivity index is 2.39. The molecule has 2 aromatic carbocycles. The van der Waals surface area contributed by atoms with Crippen molar-refractivity contribution >= 4 is 30.6 Å². The van der Waals surface area contributed by atoms with E-state index >= 15 is 0 Å². The summed E-state index contributed by atoms with van der Waals surface area (Å²) in [4.78, 5) is 0.0886. The first-order chi connectivity index (χ1) is 10.0. The number of nitrogens with zero attached hydrogens (tertiary/aromatic N) is 1. The van der Waals surface area contributed by atoms with E-state index in [2.05, 4.69) is 0 Å². The summed E-state index contributed by atoms with van der Waals surface area (Å²) in [6.45, 7) is 0. The molecule has 21 heavy (non-hydrogen) atoms. The van der Waals surface area contributed by atoms with Gasteiger partial charge in [0.05, 0.1) is 12.6 Å². The lowest BCUT2D eigenvalue weighted by molar-refractivity contribution is 0.415. The number of ether oxygens (including phenoxy) is 1. The van der Waals surface area contributed by atoms with Crippen molar-refractivity contribution in [3.63, 3.8) is 0 Å². The number of rotatable bonds is 3. The molecule has 108 valence electrons. The van der Waals surface area contributed by atoms with Crippen LogP contribution in [0.4, 0.5) is 0 Å². The maximum atomic E-state index is 11.8. The van der Waals surface area contributed by atoms with Crippen molar-refractivity contribution in [3.05, 3.63) is 54.7 Å². The van der Waals surface area contributed by atoms with Gasteiger partial charge in [-0.15, -0.1) is 0 Å². The third-order valence-electron chi connectivity index (χ3n) is 3.27. The van der Waals surface area contributed by atoms with Crippen molar-refractivity contribution in [3.8, 4) is 11.4 Å². The SMILES string of the molecule is COc1ccc2c(S(=O)(=O)Cl)cn(-c3ccccc3)c2c1. The zero-order chi connectivity index (χ0) is 15.0. The molecule has 1 aromatic heterocycles. The van der Waals surface area contributed by atoms with Crippen molar-refractivity contribution in [1.82, 2.24) is 4.57 Å². The second kappa shape index (κ2) is 5.09. The van der Waals surface area contributed by atoms with Gasteiger partial charge in [-0.25, -0.2) is 8.42 Å². The van der Waals surface area contributed by atoms with E-state index in [-0.39, 0.29) is 4.90 Å². The Morgan fingerprint density at radius 2 is 1.81 bits per heavy atom. The molecular weight excluding hydrogens is 310 g/mol. The molecule has 3 aromatic rings. The molecule has 0 aliphatic rings. The Morgan fingerprint density at radius 1 is 1.10 bits per heavy atom. The van der Waals surface area contributed by atoms with Crippen molar-refractivity contribution < 1.29 is 13.2 Å². The Morgan fingerprint density at radius 3 is 2.43 bits per heavy atom. The Kier molecular flexibility index (Phi) is 3.39. The zero-order valence-corrected chi connectivity index (χ0v) is 12.7. The second-order valence-electron chi connectivity index (χ2n) is 4.52. The summed E-state index contributed by atoms with van der Waals surface area (Å²) >= 11 is 0. The van der Waals surface area contributed by atoms with Crippen molar-refractivity contribution in [1.29, 1.82) is 0 Å². The molecule has 0 unspecified atom stereocenters. The summed E-state index contributed by atoms with van der Waals surface area (Å²) in [5.41, 5.74) is 1.57. The summed E-state index contributed by atoms with van der Waals surface area (Å²) in [5, 5.41) is 0.564. The predicted octanol–water partition coefficient (Wildman–Crippen LogP) is 3.57. The summed E-state index contributed by atoms with van der Waals surface area (Å²) in [7, 11) is 3.28. The van der Waals surface area contributed by atoms with Crippen LogP contribution in [0.5, 0.6) is 5.75 Å². The zero-order valence-electron chi connectivity index (χ0n) is 11.2. The van der Waals surface area contributed by atoms with Crippen LogP contribution in [-0.2, 0) is 9.05 Å². The molecular formula is C15H12ClNO3S. The van der Waals surface area contributed by atoms with Crippen LogP contribution in [0.15, 0.2) is 59.6 Å². The minimum Gasteiger partial charge on any atom is -0.497 e. The monoisotopic (exact) mass is 321 g/mol. The molecule has 1 heterocycles. The van der Waals surface area contributed by atoms with Gasteiger partial charge in [-0.3, -0.25) is 0 Å². The summed E-state index contributed by atoms with van der Waals surface area (Å²) in [5.74, 6) is 0.649. The molecule has 0 N–H and O–H groups in total. The quantitative estimate of drug-likeness (QED) is 0.693. The van der Waals surface area contributed by atoms with E-state index in [1.165, 1.54) is 6.20 Å².